The predicted molar refractivity (Wildman–Crippen MR) is 132 cm³/mol. The summed E-state index contributed by atoms with van der Waals surface area (Å²) < 4.78 is 61.8. The lowest BCUT2D eigenvalue weighted by atomic mass is 9.78. The minimum absolute atomic E-state index is 0.0295. The van der Waals surface area contributed by atoms with Crippen LogP contribution in [0.3, 0.4) is 0 Å². The molecule has 0 radical (unpaired) electrons. The Hall–Kier alpha value is -2.58. The number of rotatable bonds is 7. The first kappa shape index (κ1) is 25.5. The molecule has 1 saturated carbocycles. The third kappa shape index (κ3) is 6.35. The van der Waals surface area contributed by atoms with Crippen molar-refractivity contribution in [3.8, 4) is 11.8 Å². The van der Waals surface area contributed by atoms with Crippen LogP contribution < -0.4 is 0 Å². The molecule has 2 aromatic carbocycles. The molecule has 1 nitrogen and oxygen atoms in total. The number of allylic oxidation sites excluding steroid dienone is 1. The molecular formula is C30H32F4O. The van der Waals surface area contributed by atoms with Gasteiger partial charge in [0, 0.05) is 30.4 Å². The molecule has 0 heterocycles. The first-order chi connectivity index (χ1) is 16.9. The molecule has 1 fully saturated rings. The summed E-state index contributed by atoms with van der Waals surface area (Å²) in [6.07, 6.45) is 8.33. The van der Waals surface area contributed by atoms with Crippen LogP contribution in [0.15, 0.2) is 42.5 Å². The van der Waals surface area contributed by atoms with Crippen molar-refractivity contribution < 1.29 is 22.3 Å². The molecule has 0 aliphatic heterocycles. The van der Waals surface area contributed by atoms with Crippen LogP contribution in [0, 0.1) is 29.5 Å². The smallest absolute Gasteiger partial charge is 0.301 e. The third-order valence-corrected chi connectivity index (χ3v) is 7.35. The van der Waals surface area contributed by atoms with Crippen LogP contribution in [0.5, 0.6) is 0 Å². The second kappa shape index (κ2) is 11.4. The van der Waals surface area contributed by atoms with Gasteiger partial charge in [0.05, 0.1) is 0 Å². The van der Waals surface area contributed by atoms with E-state index in [0.717, 1.165) is 61.1 Å². The van der Waals surface area contributed by atoms with E-state index in [2.05, 4.69) is 11.8 Å². The van der Waals surface area contributed by atoms with Gasteiger partial charge < -0.3 is 4.74 Å². The van der Waals surface area contributed by atoms with Crippen molar-refractivity contribution in [2.75, 3.05) is 13.7 Å². The number of halogens is 4. The summed E-state index contributed by atoms with van der Waals surface area (Å²) in [6.45, 7) is 0.835. The zero-order chi connectivity index (χ0) is 24.8. The van der Waals surface area contributed by atoms with Crippen LogP contribution in [0.2, 0.25) is 0 Å². The Bertz CT molecular complexity index is 1100. The quantitative estimate of drug-likeness (QED) is 0.219. The zero-order valence-electron chi connectivity index (χ0n) is 20.1. The van der Waals surface area contributed by atoms with Crippen molar-refractivity contribution in [1.82, 2.24) is 0 Å². The molecule has 1 unspecified atom stereocenters. The topological polar surface area (TPSA) is 9.23 Å². The molecule has 0 aromatic heterocycles. The Morgan fingerprint density at radius 2 is 1.66 bits per heavy atom. The maximum absolute atomic E-state index is 14.6. The predicted octanol–water partition coefficient (Wildman–Crippen LogP) is 8.06. The molecule has 186 valence electrons. The molecule has 0 saturated heterocycles. The molecule has 0 spiro atoms. The fourth-order valence-electron chi connectivity index (χ4n) is 5.32. The van der Waals surface area contributed by atoms with Gasteiger partial charge in [0.1, 0.15) is 5.82 Å². The summed E-state index contributed by atoms with van der Waals surface area (Å²) in [5.74, 6) is 3.04. The molecule has 2 aliphatic carbocycles. The third-order valence-electron chi connectivity index (χ3n) is 7.35. The monoisotopic (exact) mass is 484 g/mol. The zero-order valence-corrected chi connectivity index (χ0v) is 20.1. The van der Waals surface area contributed by atoms with E-state index in [0.29, 0.717) is 12.0 Å². The van der Waals surface area contributed by atoms with Crippen molar-refractivity contribution >= 4 is 6.08 Å². The van der Waals surface area contributed by atoms with Gasteiger partial charge in [-0.3, -0.25) is 0 Å². The number of hydrogen-bond acceptors (Lipinski definition) is 1. The molecule has 0 bridgehead atoms. The van der Waals surface area contributed by atoms with Crippen LogP contribution in [0.4, 0.5) is 17.6 Å². The van der Waals surface area contributed by atoms with E-state index < -0.39 is 17.9 Å². The molecule has 1 atom stereocenters. The van der Waals surface area contributed by atoms with Gasteiger partial charge in [-0.25, -0.2) is 8.78 Å². The summed E-state index contributed by atoms with van der Waals surface area (Å²) in [4.78, 5) is 0. The summed E-state index contributed by atoms with van der Waals surface area (Å²) >= 11 is 0. The maximum atomic E-state index is 14.6. The van der Waals surface area contributed by atoms with Gasteiger partial charge in [0.2, 0.25) is 0 Å². The molecule has 2 aromatic rings. The van der Waals surface area contributed by atoms with E-state index >= 15 is 0 Å². The second-order valence-electron chi connectivity index (χ2n) is 9.79. The van der Waals surface area contributed by atoms with Gasteiger partial charge in [0.15, 0.2) is 6.17 Å². The lowest BCUT2D eigenvalue weighted by molar-refractivity contribution is -0.0298. The van der Waals surface area contributed by atoms with Gasteiger partial charge >= 0.3 is 5.92 Å². The van der Waals surface area contributed by atoms with Crippen LogP contribution in [-0.2, 0) is 11.2 Å². The number of aryl methyl sites for hydroxylation is 1. The highest BCUT2D eigenvalue weighted by atomic mass is 19.3. The molecular weight excluding hydrogens is 452 g/mol. The number of hydrogen-bond donors (Lipinski definition) is 0. The van der Waals surface area contributed by atoms with Crippen molar-refractivity contribution in [3.05, 3.63) is 76.1 Å². The van der Waals surface area contributed by atoms with E-state index in [1.54, 1.807) is 7.11 Å². The maximum Gasteiger partial charge on any atom is 0.301 e. The summed E-state index contributed by atoms with van der Waals surface area (Å²) in [5.41, 5.74) is 1.69. The Morgan fingerprint density at radius 1 is 0.971 bits per heavy atom. The number of methoxy groups -OCH3 is 1. The van der Waals surface area contributed by atoms with Crippen LogP contribution in [-0.4, -0.2) is 19.6 Å². The molecule has 2 aliphatic rings. The molecule has 35 heavy (non-hydrogen) atoms. The Morgan fingerprint density at radius 3 is 2.40 bits per heavy atom. The second-order valence-corrected chi connectivity index (χ2v) is 9.79. The van der Waals surface area contributed by atoms with Crippen LogP contribution >= 0.6 is 0 Å². The van der Waals surface area contributed by atoms with E-state index in [-0.39, 0.29) is 16.7 Å². The first-order valence-corrected chi connectivity index (χ1v) is 12.5. The standard InChI is InChI=1S/C30H32F4O/c1-35-18-4-5-21-8-10-22(11-9-21)12-13-23-6-2-3-7-24(23)14-15-25-19-27(31)20-26-16-17-30(33,34)29(32)28(25)26/h2-3,6-7,16-17,19-22,29H,4-5,8-13,18H2,1H3. The lowest BCUT2D eigenvalue weighted by Crippen LogP contribution is -2.24. The van der Waals surface area contributed by atoms with Crippen molar-refractivity contribution in [1.29, 1.82) is 0 Å². The van der Waals surface area contributed by atoms with Gasteiger partial charge in [-0.1, -0.05) is 61.8 Å². The number of fused-ring (bicyclic) bond motifs is 1. The normalized spacial score (nSPS) is 22.8. The highest BCUT2D eigenvalue weighted by Gasteiger charge is 2.43. The minimum Gasteiger partial charge on any atom is -0.385 e. The van der Waals surface area contributed by atoms with Crippen LogP contribution in [0.1, 0.15) is 78.9 Å². The average molecular weight is 485 g/mol. The molecule has 4 rings (SSSR count). The molecule has 5 heteroatoms. The minimum atomic E-state index is -3.64. The Balaban J connectivity index is 1.45. The van der Waals surface area contributed by atoms with E-state index in [4.69, 9.17) is 4.74 Å². The first-order valence-electron chi connectivity index (χ1n) is 12.5. The van der Waals surface area contributed by atoms with E-state index in [9.17, 15) is 17.6 Å². The van der Waals surface area contributed by atoms with Crippen molar-refractivity contribution in [2.24, 2.45) is 11.8 Å². The number of alkyl halides is 3. The largest absolute Gasteiger partial charge is 0.385 e. The van der Waals surface area contributed by atoms with Crippen molar-refractivity contribution in [2.45, 2.75) is 63.5 Å². The van der Waals surface area contributed by atoms with Crippen molar-refractivity contribution in [3.63, 3.8) is 0 Å². The highest BCUT2D eigenvalue weighted by molar-refractivity contribution is 5.65. The number of benzene rings is 2. The summed E-state index contributed by atoms with van der Waals surface area (Å²) in [5, 5.41) is 0. The molecule has 0 N–H and O–H groups in total. The molecule has 0 amide bonds. The fourth-order valence-corrected chi connectivity index (χ4v) is 5.32. The summed E-state index contributed by atoms with van der Waals surface area (Å²) in [7, 11) is 1.75. The van der Waals surface area contributed by atoms with Gasteiger partial charge in [-0.2, -0.15) is 8.78 Å². The SMILES string of the molecule is COCCCC1CCC(CCc2ccccc2C#Cc2cc(F)cc3c2C(F)C(F)(F)C=C3)CC1. The fraction of sp³-hybridized carbons (Fsp3) is 0.467. The lowest BCUT2D eigenvalue weighted by Gasteiger charge is -2.28. The van der Waals surface area contributed by atoms with Gasteiger partial charge in [0.25, 0.3) is 0 Å². The van der Waals surface area contributed by atoms with E-state index in [1.807, 2.05) is 24.3 Å². The van der Waals surface area contributed by atoms with Crippen LogP contribution in [0.25, 0.3) is 6.08 Å². The summed E-state index contributed by atoms with van der Waals surface area (Å²) in [6, 6.07) is 9.84. The number of ether oxygens (including phenoxy) is 1. The Labute approximate surface area is 205 Å². The van der Waals surface area contributed by atoms with E-state index in [1.165, 1.54) is 32.1 Å². The Kier molecular flexibility index (Phi) is 8.34. The highest BCUT2D eigenvalue weighted by Crippen LogP contribution is 2.43. The van der Waals surface area contributed by atoms with Gasteiger partial charge in [-0.05, 0) is 72.9 Å². The van der Waals surface area contributed by atoms with Gasteiger partial charge in [-0.15, -0.1) is 0 Å². The average Bonchev–Trinajstić information content (AvgIpc) is 2.85.